The van der Waals surface area contributed by atoms with Crippen molar-refractivity contribution in [1.29, 1.82) is 0 Å². The van der Waals surface area contributed by atoms with Gasteiger partial charge in [0.05, 0.1) is 16.6 Å². The second kappa shape index (κ2) is 12.8. The number of rotatable bonds is 3. The third kappa shape index (κ3) is 5.38. The zero-order valence-corrected chi connectivity index (χ0v) is 35.4. The summed E-state index contributed by atoms with van der Waals surface area (Å²) < 4.78 is 35.7. The Morgan fingerprint density at radius 2 is 1.29 bits per heavy atom. The van der Waals surface area contributed by atoms with Gasteiger partial charge in [-0.25, -0.2) is 4.98 Å². The van der Waals surface area contributed by atoms with Crippen LogP contribution in [0, 0.1) is 18.8 Å². The zero-order chi connectivity index (χ0) is 41.5. The third-order valence-electron chi connectivity index (χ3n) is 11.6. The number of anilines is 3. The Morgan fingerprint density at radius 3 is 2.07 bits per heavy atom. The molecule has 1 aliphatic heterocycles. The largest absolute Gasteiger partial charge is 0.509 e. The third-order valence-corrected chi connectivity index (χ3v) is 11.6. The van der Waals surface area contributed by atoms with Gasteiger partial charge in [-0.1, -0.05) is 83.5 Å². The Hall–Kier alpha value is -5.84. The van der Waals surface area contributed by atoms with Gasteiger partial charge in [-0.15, -0.1) is 41.4 Å². The van der Waals surface area contributed by atoms with Gasteiger partial charge in [0.25, 0.3) is 0 Å². The molecule has 5 heterocycles. The predicted molar refractivity (Wildman–Crippen MR) is 237 cm³/mol. The summed E-state index contributed by atoms with van der Waals surface area (Å²) in [6.07, 6.45) is 1.87. The van der Waals surface area contributed by atoms with E-state index in [-0.39, 0.29) is 31.9 Å². The first-order valence-electron chi connectivity index (χ1n) is 21.0. The van der Waals surface area contributed by atoms with E-state index in [2.05, 4.69) is 123 Å². The molecule has 0 saturated heterocycles. The van der Waals surface area contributed by atoms with E-state index in [0.717, 1.165) is 49.6 Å². The number of hydrogen-bond acceptors (Lipinski definition) is 4. The van der Waals surface area contributed by atoms with Crippen LogP contribution in [0.15, 0.2) is 121 Å². The van der Waals surface area contributed by atoms with Gasteiger partial charge >= 0.3 is 0 Å². The van der Waals surface area contributed by atoms with E-state index in [1.165, 1.54) is 37.7 Å². The molecular formula is C51H42N5OPt-3. The summed E-state index contributed by atoms with van der Waals surface area (Å²) >= 11 is 0. The Kier molecular flexibility index (Phi) is 7.34. The molecule has 0 amide bonds. The van der Waals surface area contributed by atoms with Crippen molar-refractivity contribution in [3.8, 4) is 11.5 Å². The van der Waals surface area contributed by atoms with Gasteiger partial charge in [0.1, 0.15) is 0 Å². The van der Waals surface area contributed by atoms with Crippen LogP contribution in [-0.2, 0) is 31.9 Å². The van der Waals surface area contributed by atoms with Crippen LogP contribution in [0.4, 0.5) is 17.1 Å². The standard InChI is InChI=1S/C51H42N5O.Pt/c1-50(2,3)31-20-23-42-39(25-31)41-27-32(51(4,5)6)26-40-38-16-11-15-37-36-22-21-35(29-46(36)56(47(37)38)49-45(19-12-24-52-49)55(42)48(40)41)57-34-14-10-13-33(28-34)54-30-53(7)43-17-8-9-18-44(43)54;/h8-27,30H,1-7H3;/q-3;/i7D3;. The van der Waals surface area contributed by atoms with E-state index in [4.69, 9.17) is 13.8 Å². The second-order valence-corrected chi connectivity index (χ2v) is 17.3. The summed E-state index contributed by atoms with van der Waals surface area (Å²) in [7, 11) is 0. The van der Waals surface area contributed by atoms with Crippen molar-refractivity contribution in [3.63, 3.8) is 0 Å². The molecule has 0 N–H and O–H groups in total. The number of benzene rings is 6. The SMILES string of the molecule is [2H]C([2H])([2H])N1[CH-]N(c2[c-]c(Oc3[c-]c4c(cc3)c3cccc5c6cc(C(C)(C)C)cc7c8cc(C(C)(C)C)ccc8n(c8cccnc8n4c35)c76)ccc2)c2ccccc21.[Pt]. The van der Waals surface area contributed by atoms with E-state index >= 15 is 0 Å². The van der Waals surface area contributed by atoms with Crippen LogP contribution >= 0.6 is 0 Å². The first kappa shape index (κ1) is 33.2. The fourth-order valence-electron chi connectivity index (χ4n) is 8.76. The summed E-state index contributed by atoms with van der Waals surface area (Å²) in [5.41, 5.74) is 10.5. The first-order chi connectivity index (χ1) is 28.6. The minimum Gasteiger partial charge on any atom is -0.509 e. The van der Waals surface area contributed by atoms with Gasteiger partial charge in [-0.05, 0) is 82.8 Å². The van der Waals surface area contributed by atoms with Crippen molar-refractivity contribution in [2.45, 2.75) is 52.4 Å². The minimum absolute atomic E-state index is 0. The summed E-state index contributed by atoms with van der Waals surface area (Å²) in [4.78, 5) is 8.30. The van der Waals surface area contributed by atoms with Gasteiger partial charge < -0.3 is 23.3 Å². The van der Waals surface area contributed by atoms with Crippen molar-refractivity contribution in [3.05, 3.63) is 151 Å². The van der Waals surface area contributed by atoms with Gasteiger partial charge in [0.15, 0.2) is 5.65 Å². The zero-order valence-electron chi connectivity index (χ0n) is 36.1. The molecule has 0 unspecified atom stereocenters. The summed E-state index contributed by atoms with van der Waals surface area (Å²) in [5, 5.41) is 6.90. The molecule has 10 aromatic rings. The van der Waals surface area contributed by atoms with E-state index in [1.54, 1.807) is 6.67 Å². The van der Waals surface area contributed by atoms with Gasteiger partial charge in [-0.2, -0.15) is 18.8 Å². The number of nitrogens with zero attached hydrogens (tertiary/aromatic N) is 5. The molecule has 0 atom stereocenters. The molecule has 11 rings (SSSR count). The molecule has 4 aromatic heterocycles. The normalized spacial score (nSPS) is 14.5. The molecule has 6 nitrogen and oxygen atoms in total. The van der Waals surface area contributed by atoms with Crippen LogP contribution in [0.3, 0.4) is 0 Å². The van der Waals surface area contributed by atoms with Crippen molar-refractivity contribution < 1.29 is 29.9 Å². The topological polar surface area (TPSA) is 37.4 Å². The molecule has 0 radical (unpaired) electrons. The Bertz CT molecular complexity index is 3430. The van der Waals surface area contributed by atoms with Gasteiger partial charge in [0.2, 0.25) is 0 Å². The minimum atomic E-state index is -2.34. The van der Waals surface area contributed by atoms with Crippen LogP contribution in [0.5, 0.6) is 11.5 Å². The quantitative estimate of drug-likeness (QED) is 0.165. The van der Waals surface area contributed by atoms with E-state index in [9.17, 15) is 0 Å². The number of aromatic nitrogens is 3. The number of para-hydroxylation sites is 3. The molecule has 0 aliphatic carbocycles. The van der Waals surface area contributed by atoms with E-state index in [0.29, 0.717) is 22.9 Å². The van der Waals surface area contributed by atoms with E-state index < -0.39 is 6.98 Å². The molecule has 6 aromatic carbocycles. The van der Waals surface area contributed by atoms with Crippen LogP contribution in [-0.4, -0.2) is 20.8 Å². The summed E-state index contributed by atoms with van der Waals surface area (Å²) in [5.74, 6) is 0.994. The number of pyridine rings is 1. The Balaban J connectivity index is 0.00000445. The maximum absolute atomic E-state index is 8.14. The molecule has 58 heavy (non-hydrogen) atoms. The fourth-order valence-corrected chi connectivity index (χ4v) is 8.76. The number of ether oxygens (including phenoxy) is 1. The Morgan fingerprint density at radius 1 is 0.603 bits per heavy atom. The van der Waals surface area contributed by atoms with Gasteiger partial charge in [0, 0.05) is 81.3 Å². The molecule has 0 fully saturated rings. The smallest absolute Gasteiger partial charge is 0.160 e. The van der Waals surface area contributed by atoms with Crippen molar-refractivity contribution in [2.24, 2.45) is 0 Å². The number of hydrogen-bond donors (Lipinski definition) is 0. The maximum atomic E-state index is 8.14. The molecule has 0 bridgehead atoms. The average molecular weight is 939 g/mol. The summed E-state index contributed by atoms with van der Waals surface area (Å²) in [6.45, 7) is 12.9. The fraction of sp³-hybridized carbons (Fsp3) is 0.176. The molecule has 290 valence electrons. The van der Waals surface area contributed by atoms with Crippen molar-refractivity contribution >= 4 is 82.6 Å². The van der Waals surface area contributed by atoms with Gasteiger partial charge in [-0.3, -0.25) is 0 Å². The Labute approximate surface area is 356 Å². The summed E-state index contributed by atoms with van der Waals surface area (Å²) in [6, 6.07) is 46.8. The maximum Gasteiger partial charge on any atom is 0.160 e. The van der Waals surface area contributed by atoms with Crippen molar-refractivity contribution in [1.82, 2.24) is 13.8 Å². The monoisotopic (exact) mass is 938 g/mol. The molecule has 0 spiro atoms. The molecule has 0 saturated carbocycles. The van der Waals surface area contributed by atoms with Crippen LogP contribution in [0.2, 0.25) is 0 Å². The molecule has 7 heteroatoms. The average Bonchev–Trinajstić information content (AvgIpc) is 3.87. The molecular weight excluding hydrogens is 894 g/mol. The predicted octanol–water partition coefficient (Wildman–Crippen LogP) is 13.0. The van der Waals surface area contributed by atoms with E-state index in [1.807, 2.05) is 65.7 Å². The van der Waals surface area contributed by atoms with Crippen molar-refractivity contribution in [2.75, 3.05) is 16.8 Å². The first-order valence-corrected chi connectivity index (χ1v) is 19.5. The van der Waals surface area contributed by atoms with Crippen LogP contribution < -0.4 is 14.5 Å². The molecule has 1 aliphatic rings. The second-order valence-electron chi connectivity index (χ2n) is 17.3. The van der Waals surface area contributed by atoms with Crippen LogP contribution in [0.1, 0.15) is 56.8 Å². The number of fused-ring (bicyclic) bond motifs is 11. The van der Waals surface area contributed by atoms with Crippen LogP contribution in [0.25, 0.3) is 65.5 Å².